The Morgan fingerprint density at radius 2 is 1.30 bits per heavy atom. The van der Waals surface area contributed by atoms with Gasteiger partial charge in [-0.25, -0.2) is 14.4 Å². The van der Waals surface area contributed by atoms with Crippen LogP contribution in [0, 0.1) is 0 Å². The Kier molecular flexibility index (Phi) is 13.0. The number of carboxylic acid groups (broad SMARTS) is 1. The van der Waals surface area contributed by atoms with Gasteiger partial charge in [0.1, 0.15) is 0 Å². The van der Waals surface area contributed by atoms with E-state index in [1.165, 1.54) is 6.92 Å². The summed E-state index contributed by atoms with van der Waals surface area (Å²) in [7, 11) is 0. The SMILES string of the molecule is C=C(C)C(=O)O.C=CC(=O)OCCCCOC(=O)C=C. The van der Waals surface area contributed by atoms with Gasteiger partial charge in [-0.2, -0.15) is 0 Å². The first-order valence-corrected chi connectivity index (χ1v) is 5.82. The molecule has 0 aliphatic carbocycles. The Labute approximate surface area is 118 Å². The first-order chi connectivity index (χ1) is 9.34. The van der Waals surface area contributed by atoms with Crippen molar-refractivity contribution in [3.05, 3.63) is 37.5 Å². The van der Waals surface area contributed by atoms with Gasteiger partial charge in [0.05, 0.1) is 13.2 Å². The number of aliphatic carboxylic acids is 1. The molecule has 0 radical (unpaired) electrons. The van der Waals surface area contributed by atoms with E-state index in [1.807, 2.05) is 0 Å². The topological polar surface area (TPSA) is 89.9 Å². The van der Waals surface area contributed by atoms with E-state index in [0.29, 0.717) is 26.1 Å². The van der Waals surface area contributed by atoms with E-state index in [9.17, 15) is 14.4 Å². The van der Waals surface area contributed by atoms with Crippen molar-refractivity contribution in [1.29, 1.82) is 0 Å². The largest absolute Gasteiger partial charge is 0.478 e. The number of carbonyl (C=O) groups excluding carboxylic acids is 2. The fourth-order valence-corrected chi connectivity index (χ4v) is 0.667. The van der Waals surface area contributed by atoms with Crippen LogP contribution < -0.4 is 0 Å². The van der Waals surface area contributed by atoms with Gasteiger partial charge in [-0.15, -0.1) is 0 Å². The zero-order valence-electron chi connectivity index (χ0n) is 11.6. The normalized spacial score (nSPS) is 8.45. The molecule has 0 aliphatic rings. The minimum atomic E-state index is -0.935. The number of esters is 2. The van der Waals surface area contributed by atoms with Gasteiger partial charge in [0, 0.05) is 17.7 Å². The van der Waals surface area contributed by atoms with Crippen molar-refractivity contribution in [3.63, 3.8) is 0 Å². The van der Waals surface area contributed by atoms with E-state index in [2.05, 4.69) is 19.7 Å². The van der Waals surface area contributed by atoms with Gasteiger partial charge >= 0.3 is 17.9 Å². The molecule has 0 heterocycles. The lowest BCUT2D eigenvalue weighted by molar-refractivity contribution is -0.140. The van der Waals surface area contributed by atoms with Crippen molar-refractivity contribution in [2.45, 2.75) is 19.8 Å². The highest BCUT2D eigenvalue weighted by Crippen LogP contribution is 1.93. The van der Waals surface area contributed by atoms with Crippen LogP contribution >= 0.6 is 0 Å². The lowest BCUT2D eigenvalue weighted by Crippen LogP contribution is -2.05. The summed E-state index contributed by atoms with van der Waals surface area (Å²) in [5, 5.41) is 7.89. The van der Waals surface area contributed by atoms with Gasteiger partial charge < -0.3 is 14.6 Å². The predicted molar refractivity (Wildman–Crippen MR) is 74.0 cm³/mol. The summed E-state index contributed by atoms with van der Waals surface area (Å²) in [5.74, 6) is -1.81. The van der Waals surface area contributed by atoms with Crippen molar-refractivity contribution in [3.8, 4) is 0 Å². The van der Waals surface area contributed by atoms with Crippen LogP contribution in [0.3, 0.4) is 0 Å². The molecule has 0 rings (SSSR count). The number of unbranched alkanes of at least 4 members (excludes halogenated alkanes) is 1. The van der Waals surface area contributed by atoms with Gasteiger partial charge in [-0.05, 0) is 19.8 Å². The highest BCUT2D eigenvalue weighted by Gasteiger charge is 1.97. The monoisotopic (exact) mass is 284 g/mol. The number of ether oxygens (including phenoxy) is 2. The molecule has 6 heteroatoms. The van der Waals surface area contributed by atoms with E-state index >= 15 is 0 Å². The summed E-state index contributed by atoms with van der Waals surface area (Å²) < 4.78 is 9.41. The van der Waals surface area contributed by atoms with Crippen LogP contribution in [0.1, 0.15) is 19.8 Å². The number of carboxylic acids is 1. The first kappa shape index (κ1) is 20.0. The minimum absolute atomic E-state index is 0.176. The van der Waals surface area contributed by atoms with Crippen molar-refractivity contribution in [2.24, 2.45) is 0 Å². The molecular formula is C14H20O6. The fourth-order valence-electron chi connectivity index (χ4n) is 0.667. The summed E-state index contributed by atoms with van der Waals surface area (Å²) >= 11 is 0. The molecule has 0 aromatic rings. The Morgan fingerprint density at radius 3 is 1.50 bits per heavy atom. The van der Waals surface area contributed by atoms with E-state index in [1.54, 1.807) is 0 Å². The number of carbonyl (C=O) groups is 3. The molecule has 112 valence electrons. The molecule has 0 spiro atoms. The third kappa shape index (κ3) is 15.6. The molecular weight excluding hydrogens is 264 g/mol. The van der Waals surface area contributed by atoms with Crippen molar-refractivity contribution in [1.82, 2.24) is 0 Å². The molecule has 0 aromatic carbocycles. The molecule has 1 N–H and O–H groups in total. The molecule has 0 saturated heterocycles. The van der Waals surface area contributed by atoms with Crippen LogP contribution in [-0.4, -0.2) is 36.2 Å². The quantitative estimate of drug-likeness (QED) is 0.416. The third-order valence-corrected chi connectivity index (χ3v) is 1.73. The maximum Gasteiger partial charge on any atom is 0.330 e. The Balaban J connectivity index is 0. The van der Waals surface area contributed by atoms with Crippen molar-refractivity contribution >= 4 is 17.9 Å². The zero-order valence-corrected chi connectivity index (χ0v) is 11.6. The highest BCUT2D eigenvalue weighted by molar-refractivity contribution is 5.84. The van der Waals surface area contributed by atoms with E-state index in [0.717, 1.165) is 12.2 Å². The summed E-state index contributed by atoms with van der Waals surface area (Å²) in [6, 6.07) is 0. The summed E-state index contributed by atoms with van der Waals surface area (Å²) in [6.45, 7) is 11.7. The lowest BCUT2D eigenvalue weighted by Gasteiger charge is -2.02. The molecule has 0 amide bonds. The Morgan fingerprint density at radius 1 is 1.00 bits per heavy atom. The van der Waals surface area contributed by atoms with Gasteiger partial charge in [0.25, 0.3) is 0 Å². The molecule has 0 aromatic heterocycles. The van der Waals surface area contributed by atoms with Gasteiger partial charge in [0.2, 0.25) is 0 Å². The van der Waals surface area contributed by atoms with Crippen molar-refractivity contribution < 1.29 is 29.0 Å². The number of hydrogen-bond acceptors (Lipinski definition) is 5. The summed E-state index contributed by atoms with van der Waals surface area (Å²) in [5.41, 5.74) is 0.176. The van der Waals surface area contributed by atoms with E-state index < -0.39 is 17.9 Å². The minimum Gasteiger partial charge on any atom is -0.478 e. The van der Waals surface area contributed by atoms with Crippen LogP contribution in [0.2, 0.25) is 0 Å². The summed E-state index contributed by atoms with van der Waals surface area (Å²) in [6.07, 6.45) is 3.53. The Hall–Kier alpha value is -2.37. The van der Waals surface area contributed by atoms with Crippen LogP contribution in [0.25, 0.3) is 0 Å². The maximum absolute atomic E-state index is 10.6. The molecule has 0 aliphatic heterocycles. The smallest absolute Gasteiger partial charge is 0.330 e. The van der Waals surface area contributed by atoms with E-state index in [-0.39, 0.29) is 5.57 Å². The summed E-state index contributed by atoms with van der Waals surface area (Å²) in [4.78, 5) is 30.7. The van der Waals surface area contributed by atoms with Crippen LogP contribution in [0.5, 0.6) is 0 Å². The molecule has 0 saturated carbocycles. The van der Waals surface area contributed by atoms with Crippen LogP contribution in [0.15, 0.2) is 37.5 Å². The Bertz CT molecular complexity index is 334. The maximum atomic E-state index is 10.6. The van der Waals surface area contributed by atoms with Crippen LogP contribution in [0.4, 0.5) is 0 Å². The third-order valence-electron chi connectivity index (χ3n) is 1.73. The number of hydrogen-bond donors (Lipinski definition) is 1. The molecule has 6 nitrogen and oxygen atoms in total. The first-order valence-electron chi connectivity index (χ1n) is 5.82. The van der Waals surface area contributed by atoms with Crippen LogP contribution in [-0.2, 0) is 23.9 Å². The lowest BCUT2D eigenvalue weighted by atomic mass is 10.3. The molecule has 0 atom stereocenters. The molecule has 0 unspecified atom stereocenters. The van der Waals surface area contributed by atoms with Gasteiger partial charge in [-0.3, -0.25) is 0 Å². The standard InChI is InChI=1S/C10H14O4.C4H6O2/c1-3-9(11)13-7-5-6-8-14-10(12)4-2;1-3(2)4(5)6/h3-4H,1-2,5-8H2;1H2,2H3,(H,5,6). The number of rotatable bonds is 8. The fraction of sp³-hybridized carbons (Fsp3) is 0.357. The average Bonchev–Trinajstić information content (AvgIpc) is 2.42. The average molecular weight is 284 g/mol. The second-order valence-corrected chi connectivity index (χ2v) is 3.54. The van der Waals surface area contributed by atoms with E-state index in [4.69, 9.17) is 14.6 Å². The van der Waals surface area contributed by atoms with Gasteiger partial charge in [-0.1, -0.05) is 19.7 Å². The second-order valence-electron chi connectivity index (χ2n) is 3.54. The zero-order chi connectivity index (χ0) is 16.0. The molecule has 0 fully saturated rings. The molecule has 0 bridgehead atoms. The highest BCUT2D eigenvalue weighted by atomic mass is 16.5. The molecule has 20 heavy (non-hydrogen) atoms. The van der Waals surface area contributed by atoms with Crippen molar-refractivity contribution in [2.75, 3.05) is 13.2 Å². The van der Waals surface area contributed by atoms with Gasteiger partial charge in [0.15, 0.2) is 0 Å². The predicted octanol–water partition coefficient (Wildman–Crippen LogP) is 1.87. The second kappa shape index (κ2) is 13.1.